The van der Waals surface area contributed by atoms with E-state index in [0.29, 0.717) is 37.7 Å². The molecule has 4 N–H and O–H groups in total. The monoisotopic (exact) mass is 660 g/mol. The van der Waals surface area contributed by atoms with Crippen LogP contribution < -0.4 is 0 Å². The maximum absolute atomic E-state index is 12.9. The van der Waals surface area contributed by atoms with Crippen LogP contribution in [0.1, 0.15) is 98.8 Å². The van der Waals surface area contributed by atoms with Crippen molar-refractivity contribution >= 4 is 23.9 Å². The van der Waals surface area contributed by atoms with Crippen LogP contribution in [0.25, 0.3) is 0 Å². The zero-order valence-corrected chi connectivity index (χ0v) is 28.2. The molecule has 0 aromatic rings. The number of esters is 1. The van der Waals surface area contributed by atoms with Crippen molar-refractivity contribution in [3.63, 3.8) is 0 Å². The van der Waals surface area contributed by atoms with Crippen LogP contribution in [0.2, 0.25) is 0 Å². The number of unbranched alkanes of at least 4 members (excludes halogenated alkanes) is 1. The highest BCUT2D eigenvalue weighted by Crippen LogP contribution is 2.48. The minimum Gasteiger partial charge on any atom is -0.481 e. The number of rotatable bonds is 17. The molecule has 0 unspecified atom stereocenters. The molecule has 0 aromatic carbocycles. The summed E-state index contributed by atoms with van der Waals surface area (Å²) in [6, 6.07) is 0. The van der Waals surface area contributed by atoms with Crippen molar-refractivity contribution in [2.75, 3.05) is 0 Å². The summed E-state index contributed by atoms with van der Waals surface area (Å²) < 4.78 is 19.5. The Labute approximate surface area is 277 Å². The molecule has 262 valence electrons. The molecule has 7 atom stereocenters. The summed E-state index contributed by atoms with van der Waals surface area (Å²) in [5.74, 6) is -4.98. The molecular weight excluding hydrogens is 608 g/mol. The third-order valence-corrected chi connectivity index (χ3v) is 8.78. The number of carboxylic acid groups (broad SMARTS) is 3. The summed E-state index contributed by atoms with van der Waals surface area (Å²) in [6.07, 6.45) is 14.9. The molecule has 0 aromatic heterocycles. The van der Waals surface area contributed by atoms with Gasteiger partial charge in [0.2, 0.25) is 0 Å². The zero-order chi connectivity index (χ0) is 35.2. The molecule has 47 heavy (non-hydrogen) atoms. The van der Waals surface area contributed by atoms with Gasteiger partial charge in [0, 0.05) is 30.9 Å². The maximum Gasteiger partial charge on any atom is 0.328 e. The first kappa shape index (κ1) is 39.6. The SMILES string of the molecule is CCCC[C@]1(OC(=O)CCC(=O)O)CC[C@]2(CC[C@H](C)[C@@H](C/C=C(C)/C=C/[C@H](O)[C@@H](C)/C=C/C(=O)O)O2)O[C@@H]1/C=C/C(C)=C/C(=O)O. The van der Waals surface area contributed by atoms with Gasteiger partial charge >= 0.3 is 23.9 Å². The fourth-order valence-electron chi connectivity index (χ4n) is 5.81. The van der Waals surface area contributed by atoms with Crippen LogP contribution in [-0.2, 0) is 33.4 Å². The van der Waals surface area contributed by atoms with E-state index in [2.05, 4.69) is 6.92 Å². The molecule has 2 aliphatic rings. The van der Waals surface area contributed by atoms with E-state index in [9.17, 15) is 29.4 Å². The summed E-state index contributed by atoms with van der Waals surface area (Å²) in [7, 11) is 0. The van der Waals surface area contributed by atoms with Gasteiger partial charge in [0.15, 0.2) is 5.79 Å². The van der Waals surface area contributed by atoms with E-state index in [1.165, 1.54) is 6.08 Å². The standard InChI is InChI=1S/C36H52O11/c1-6-7-19-35(47-34(44)17-16-32(40)41)21-22-36(46-30(35)14-10-25(3)23-33(42)43)20-18-27(5)29(45-36)13-9-24(2)8-12-28(37)26(4)11-15-31(38)39/h8-12,14-15,23,26-30,37H,6-7,13,16-22H2,1-5H3,(H,38,39)(H,40,41)(H,42,43)/b12-8+,14-10+,15-11+,24-9+,25-23+/t26-,27-,28-,29+,30+,35-,36-/m0/s1. The maximum atomic E-state index is 12.9. The van der Waals surface area contributed by atoms with Gasteiger partial charge in [-0.15, -0.1) is 0 Å². The molecule has 2 rings (SSSR count). The topological polar surface area (TPSA) is 177 Å². The number of aliphatic carboxylic acids is 3. The molecule has 2 aliphatic heterocycles. The third kappa shape index (κ3) is 13.2. The number of ether oxygens (including phenoxy) is 3. The van der Waals surface area contributed by atoms with E-state index >= 15 is 0 Å². The van der Waals surface area contributed by atoms with Gasteiger partial charge in [-0.1, -0.05) is 69.2 Å². The normalized spacial score (nSPS) is 28.6. The number of carboxylic acids is 3. The minimum absolute atomic E-state index is 0.186. The van der Waals surface area contributed by atoms with Gasteiger partial charge in [0.1, 0.15) is 11.7 Å². The smallest absolute Gasteiger partial charge is 0.328 e. The zero-order valence-electron chi connectivity index (χ0n) is 28.2. The van der Waals surface area contributed by atoms with Crippen LogP contribution in [-0.4, -0.2) is 74.0 Å². The largest absolute Gasteiger partial charge is 0.481 e. The van der Waals surface area contributed by atoms with Gasteiger partial charge in [-0.25, -0.2) is 9.59 Å². The predicted octanol–water partition coefficient (Wildman–Crippen LogP) is 6.13. The number of hydrogen-bond acceptors (Lipinski definition) is 8. The number of carbonyl (C=O) groups is 4. The highest BCUT2D eigenvalue weighted by Gasteiger charge is 2.54. The molecule has 1 spiro atoms. The summed E-state index contributed by atoms with van der Waals surface area (Å²) in [6.45, 7) is 9.44. The molecule has 0 bridgehead atoms. The van der Waals surface area contributed by atoms with E-state index in [1.54, 1.807) is 38.2 Å². The molecule has 2 saturated heterocycles. The lowest BCUT2D eigenvalue weighted by molar-refractivity contribution is -0.344. The molecule has 11 nitrogen and oxygen atoms in total. The Kier molecular flexibility index (Phi) is 15.8. The number of allylic oxidation sites excluding steroid dienone is 4. The molecule has 11 heteroatoms. The first-order valence-electron chi connectivity index (χ1n) is 16.4. The second kappa shape index (κ2) is 18.7. The van der Waals surface area contributed by atoms with E-state index in [1.807, 2.05) is 19.9 Å². The fraction of sp³-hybridized carbons (Fsp3) is 0.611. The molecule has 0 saturated carbocycles. The Hall–Kier alpha value is -3.54. The quantitative estimate of drug-likeness (QED) is 0.0802. The molecular formula is C36H52O11. The van der Waals surface area contributed by atoms with Crippen LogP contribution in [0.15, 0.2) is 59.8 Å². The van der Waals surface area contributed by atoms with Crippen molar-refractivity contribution in [1.82, 2.24) is 0 Å². The highest BCUT2D eigenvalue weighted by molar-refractivity contribution is 5.81. The number of carbonyl (C=O) groups excluding carboxylic acids is 1. The minimum atomic E-state index is -1.09. The van der Waals surface area contributed by atoms with Crippen molar-refractivity contribution < 1.29 is 53.8 Å². The summed E-state index contributed by atoms with van der Waals surface area (Å²) in [5.41, 5.74) is 0.314. The van der Waals surface area contributed by atoms with Crippen LogP contribution in [0.5, 0.6) is 0 Å². The van der Waals surface area contributed by atoms with Crippen molar-refractivity contribution in [1.29, 1.82) is 0 Å². The number of aliphatic hydroxyl groups is 1. The van der Waals surface area contributed by atoms with E-state index < -0.39 is 47.5 Å². The van der Waals surface area contributed by atoms with E-state index in [4.69, 9.17) is 24.4 Å². The van der Waals surface area contributed by atoms with Gasteiger partial charge in [-0.3, -0.25) is 9.59 Å². The van der Waals surface area contributed by atoms with Gasteiger partial charge < -0.3 is 34.6 Å². The lowest BCUT2D eigenvalue weighted by atomic mass is 9.78. The van der Waals surface area contributed by atoms with Gasteiger partial charge in [-0.2, -0.15) is 0 Å². The van der Waals surface area contributed by atoms with E-state index in [0.717, 1.165) is 37.0 Å². The first-order chi connectivity index (χ1) is 22.1. The second-order valence-corrected chi connectivity index (χ2v) is 12.8. The van der Waals surface area contributed by atoms with Crippen molar-refractivity contribution in [2.45, 2.75) is 129 Å². The summed E-state index contributed by atoms with van der Waals surface area (Å²) in [4.78, 5) is 46.0. The highest BCUT2D eigenvalue weighted by atomic mass is 16.7. The predicted molar refractivity (Wildman–Crippen MR) is 175 cm³/mol. The lowest BCUT2D eigenvalue weighted by Gasteiger charge is -2.53. The average molecular weight is 661 g/mol. The average Bonchev–Trinajstić information content (AvgIpc) is 3.01. The van der Waals surface area contributed by atoms with Gasteiger partial charge in [0.05, 0.1) is 25.0 Å². The molecule has 0 radical (unpaired) electrons. The Morgan fingerprint density at radius 2 is 1.66 bits per heavy atom. The molecule has 2 heterocycles. The molecule has 0 aliphatic carbocycles. The summed E-state index contributed by atoms with van der Waals surface area (Å²) >= 11 is 0. The van der Waals surface area contributed by atoms with Crippen molar-refractivity contribution in [3.8, 4) is 0 Å². The van der Waals surface area contributed by atoms with Crippen molar-refractivity contribution in [2.24, 2.45) is 11.8 Å². The van der Waals surface area contributed by atoms with E-state index in [-0.39, 0.29) is 30.8 Å². The number of hydrogen-bond donors (Lipinski definition) is 4. The lowest BCUT2D eigenvalue weighted by Crippen LogP contribution is -2.59. The van der Waals surface area contributed by atoms with Crippen LogP contribution >= 0.6 is 0 Å². The van der Waals surface area contributed by atoms with Crippen LogP contribution in [0.4, 0.5) is 0 Å². The van der Waals surface area contributed by atoms with Gasteiger partial charge in [0.25, 0.3) is 0 Å². The Morgan fingerprint density at radius 1 is 0.936 bits per heavy atom. The summed E-state index contributed by atoms with van der Waals surface area (Å²) in [5, 5.41) is 37.5. The Morgan fingerprint density at radius 3 is 2.30 bits per heavy atom. The second-order valence-electron chi connectivity index (χ2n) is 12.8. The third-order valence-electron chi connectivity index (χ3n) is 8.78. The molecule has 2 fully saturated rings. The Bertz CT molecular complexity index is 1250. The fourth-order valence-corrected chi connectivity index (χ4v) is 5.81. The molecule has 0 amide bonds. The number of aliphatic hydroxyl groups excluding tert-OH is 1. The van der Waals surface area contributed by atoms with Crippen LogP contribution in [0.3, 0.4) is 0 Å². The first-order valence-corrected chi connectivity index (χ1v) is 16.4. The van der Waals surface area contributed by atoms with Gasteiger partial charge in [-0.05, 0) is 57.4 Å². The van der Waals surface area contributed by atoms with Crippen molar-refractivity contribution in [3.05, 3.63) is 59.8 Å². The van der Waals surface area contributed by atoms with Crippen LogP contribution in [0, 0.1) is 11.8 Å². The Balaban J connectivity index is 2.31.